The molecule has 7 nitrogen and oxygen atoms in total. The van der Waals surface area contributed by atoms with Crippen molar-refractivity contribution in [2.75, 3.05) is 0 Å². The summed E-state index contributed by atoms with van der Waals surface area (Å²) < 4.78 is 63.3. The van der Waals surface area contributed by atoms with Crippen LogP contribution in [0.25, 0.3) is 0 Å². The monoisotopic (exact) mass is 755 g/mol. The zero-order chi connectivity index (χ0) is 21.3. The van der Waals surface area contributed by atoms with Crippen LogP contribution in [-0.4, -0.2) is 42.2 Å². The first-order valence-corrected chi connectivity index (χ1v) is 12.5. The van der Waals surface area contributed by atoms with E-state index in [1.54, 1.807) is 6.07 Å². The standard InChI is InChI=1S/C15H14F2I3NO6S/c16-15(17,28(24,25)26)14(23)27-9-3-1-8(2-4-9)21-13(22)10-5-7(18)6-11(19)12(10)20/h5-6,8-9H,1-4H2,(H,21,22)(H,24,25,26). The second kappa shape index (κ2) is 9.51. The molecule has 0 bridgehead atoms. The lowest BCUT2D eigenvalue weighted by Crippen LogP contribution is -2.43. The van der Waals surface area contributed by atoms with E-state index in [4.69, 9.17) is 4.55 Å². The Labute approximate surface area is 200 Å². The number of ether oxygens (including phenoxy) is 1. The molecule has 0 heterocycles. The average molecular weight is 755 g/mol. The van der Waals surface area contributed by atoms with Crippen LogP contribution in [0.15, 0.2) is 12.1 Å². The van der Waals surface area contributed by atoms with E-state index >= 15 is 0 Å². The smallest absolute Gasteiger partial charge is 0.457 e. The lowest BCUT2D eigenvalue weighted by molar-refractivity contribution is -0.168. The maximum absolute atomic E-state index is 13.2. The van der Waals surface area contributed by atoms with E-state index in [1.165, 1.54) is 0 Å². The first kappa shape index (κ1) is 24.4. The number of carbonyl (C=O) groups excluding carboxylic acids is 2. The normalized spacial score (nSPS) is 20.5. The van der Waals surface area contributed by atoms with E-state index in [0.29, 0.717) is 18.4 Å². The molecule has 1 saturated carbocycles. The zero-order valence-electron chi connectivity index (χ0n) is 13.9. The summed E-state index contributed by atoms with van der Waals surface area (Å²) in [5, 5.41) is -2.12. The first-order valence-electron chi connectivity index (χ1n) is 7.84. The van der Waals surface area contributed by atoms with Crippen molar-refractivity contribution in [3.63, 3.8) is 0 Å². The number of amides is 1. The zero-order valence-corrected chi connectivity index (χ0v) is 21.2. The van der Waals surface area contributed by atoms with Gasteiger partial charge in [-0.3, -0.25) is 9.35 Å². The van der Waals surface area contributed by atoms with E-state index in [9.17, 15) is 26.8 Å². The maximum Gasteiger partial charge on any atom is 0.465 e. The Morgan fingerprint density at radius 2 is 1.71 bits per heavy atom. The summed E-state index contributed by atoms with van der Waals surface area (Å²) in [5.41, 5.74) is 0.540. The molecule has 156 valence electrons. The lowest BCUT2D eigenvalue weighted by atomic mass is 9.92. The molecule has 2 rings (SSSR count). The molecular formula is C15H14F2I3NO6S. The highest BCUT2D eigenvalue weighted by Gasteiger charge is 2.54. The molecule has 1 aromatic carbocycles. The van der Waals surface area contributed by atoms with Gasteiger partial charge in [0.1, 0.15) is 6.10 Å². The Morgan fingerprint density at radius 1 is 1.14 bits per heavy atom. The summed E-state index contributed by atoms with van der Waals surface area (Å²) in [4.78, 5) is 23.9. The number of carbonyl (C=O) groups is 2. The Balaban J connectivity index is 1.93. The topological polar surface area (TPSA) is 110 Å². The summed E-state index contributed by atoms with van der Waals surface area (Å²) in [7, 11) is -5.89. The van der Waals surface area contributed by atoms with E-state index in [0.717, 1.165) is 10.7 Å². The molecule has 0 radical (unpaired) electrons. The third kappa shape index (κ3) is 5.84. The largest absolute Gasteiger partial charge is 0.465 e. The van der Waals surface area contributed by atoms with Crippen molar-refractivity contribution in [2.24, 2.45) is 0 Å². The van der Waals surface area contributed by atoms with E-state index in [-0.39, 0.29) is 24.8 Å². The van der Waals surface area contributed by atoms with Crippen molar-refractivity contribution in [3.8, 4) is 0 Å². The number of nitrogens with one attached hydrogen (secondary N) is 1. The fourth-order valence-corrected chi connectivity index (χ4v) is 5.29. The highest BCUT2D eigenvalue weighted by atomic mass is 127. The molecule has 2 N–H and O–H groups in total. The number of hydrogen-bond acceptors (Lipinski definition) is 5. The van der Waals surface area contributed by atoms with E-state index < -0.39 is 27.4 Å². The molecule has 0 unspecified atom stereocenters. The van der Waals surface area contributed by atoms with Crippen molar-refractivity contribution in [3.05, 3.63) is 28.4 Å². The molecule has 13 heteroatoms. The summed E-state index contributed by atoms with van der Waals surface area (Å²) in [6.45, 7) is 0. The molecule has 1 aliphatic carbocycles. The molecular weight excluding hydrogens is 741 g/mol. The maximum atomic E-state index is 13.2. The minimum absolute atomic E-state index is 0.180. The Kier molecular flexibility index (Phi) is 8.28. The Bertz CT molecular complexity index is 888. The molecule has 0 aromatic heterocycles. The van der Waals surface area contributed by atoms with Crippen LogP contribution in [0, 0.1) is 10.7 Å². The molecule has 1 aromatic rings. The molecule has 28 heavy (non-hydrogen) atoms. The third-order valence-corrected chi connectivity index (χ3v) is 8.56. The van der Waals surface area contributed by atoms with Gasteiger partial charge in [-0.05, 0) is 106 Å². The van der Waals surface area contributed by atoms with Gasteiger partial charge in [0.05, 0.1) is 5.56 Å². The predicted molar refractivity (Wildman–Crippen MR) is 121 cm³/mol. The molecule has 0 atom stereocenters. The van der Waals surface area contributed by atoms with Gasteiger partial charge in [-0.15, -0.1) is 0 Å². The fourth-order valence-electron chi connectivity index (χ4n) is 2.63. The fraction of sp³-hybridized carbons (Fsp3) is 0.467. The molecule has 0 saturated heterocycles. The van der Waals surface area contributed by atoms with Crippen molar-refractivity contribution < 1.29 is 36.1 Å². The van der Waals surface area contributed by atoms with Crippen molar-refractivity contribution in [1.29, 1.82) is 0 Å². The molecule has 1 amide bonds. The molecule has 1 aliphatic rings. The number of alkyl halides is 2. The van der Waals surface area contributed by atoms with Gasteiger partial charge in [0.15, 0.2) is 0 Å². The quantitative estimate of drug-likeness (QED) is 0.206. The second-order valence-corrected chi connectivity index (χ2v) is 11.0. The number of hydrogen-bond donors (Lipinski definition) is 2. The van der Waals surface area contributed by atoms with Crippen LogP contribution in [0.4, 0.5) is 8.78 Å². The van der Waals surface area contributed by atoms with Crippen LogP contribution >= 0.6 is 67.8 Å². The number of halogens is 5. The Hall–Kier alpha value is 0.120. The van der Waals surface area contributed by atoms with Gasteiger partial charge in [0, 0.05) is 16.8 Å². The SMILES string of the molecule is O=C(NC1CCC(OC(=O)C(F)(F)S(=O)(=O)O)CC1)c1cc(I)cc(I)c1I. The summed E-state index contributed by atoms with van der Waals surface area (Å²) in [6, 6.07) is 3.49. The van der Waals surface area contributed by atoms with Gasteiger partial charge in [0.2, 0.25) is 0 Å². The van der Waals surface area contributed by atoms with Gasteiger partial charge in [-0.2, -0.15) is 17.2 Å². The van der Waals surface area contributed by atoms with Crippen LogP contribution in [-0.2, 0) is 19.6 Å². The highest BCUT2D eigenvalue weighted by molar-refractivity contribution is 14.1. The number of benzene rings is 1. The average Bonchev–Trinajstić information content (AvgIpc) is 2.58. The lowest BCUT2D eigenvalue weighted by Gasteiger charge is -2.29. The van der Waals surface area contributed by atoms with Crippen molar-refractivity contribution >= 4 is 89.8 Å². The minimum atomic E-state index is -5.89. The summed E-state index contributed by atoms with van der Waals surface area (Å²) >= 11 is 6.35. The van der Waals surface area contributed by atoms with Crippen LogP contribution in [0.1, 0.15) is 36.0 Å². The summed E-state index contributed by atoms with van der Waals surface area (Å²) in [6.07, 6.45) is 0.197. The molecule has 0 aliphatic heterocycles. The Morgan fingerprint density at radius 3 is 2.25 bits per heavy atom. The predicted octanol–water partition coefficient (Wildman–Crippen LogP) is 3.57. The summed E-state index contributed by atoms with van der Waals surface area (Å²) in [5.74, 6) is -2.55. The van der Waals surface area contributed by atoms with Gasteiger partial charge >= 0.3 is 21.3 Å². The van der Waals surface area contributed by atoms with E-state index in [2.05, 4.69) is 77.8 Å². The molecule has 1 fully saturated rings. The van der Waals surface area contributed by atoms with E-state index in [1.807, 2.05) is 6.07 Å². The third-order valence-electron chi connectivity index (χ3n) is 4.08. The van der Waals surface area contributed by atoms with Crippen molar-refractivity contribution in [1.82, 2.24) is 5.32 Å². The number of esters is 1. The van der Waals surface area contributed by atoms with Gasteiger partial charge in [-0.25, -0.2) is 4.79 Å². The minimum Gasteiger partial charge on any atom is -0.457 e. The highest BCUT2D eigenvalue weighted by Crippen LogP contribution is 2.28. The van der Waals surface area contributed by atoms with Gasteiger partial charge < -0.3 is 10.1 Å². The van der Waals surface area contributed by atoms with Crippen LogP contribution < -0.4 is 5.32 Å². The van der Waals surface area contributed by atoms with Gasteiger partial charge in [-0.1, -0.05) is 0 Å². The number of rotatable bonds is 5. The van der Waals surface area contributed by atoms with Crippen LogP contribution in [0.2, 0.25) is 0 Å². The first-order chi connectivity index (χ1) is 12.8. The van der Waals surface area contributed by atoms with Crippen LogP contribution in [0.3, 0.4) is 0 Å². The second-order valence-electron chi connectivity index (χ2n) is 6.09. The van der Waals surface area contributed by atoms with Crippen molar-refractivity contribution in [2.45, 2.75) is 43.1 Å². The molecule has 0 spiro atoms. The van der Waals surface area contributed by atoms with Crippen LogP contribution in [0.5, 0.6) is 0 Å². The van der Waals surface area contributed by atoms with Gasteiger partial charge in [0.25, 0.3) is 5.91 Å².